The molecule has 0 bridgehead atoms. The van der Waals surface area contributed by atoms with Crippen LogP contribution < -0.4 is 4.74 Å². The van der Waals surface area contributed by atoms with Crippen LogP contribution in [0.2, 0.25) is 0 Å². The van der Waals surface area contributed by atoms with E-state index in [9.17, 15) is 13.6 Å². The lowest BCUT2D eigenvalue weighted by Crippen LogP contribution is -2.29. The van der Waals surface area contributed by atoms with E-state index in [1.165, 1.54) is 6.92 Å². The van der Waals surface area contributed by atoms with E-state index in [1.807, 2.05) is 0 Å². The minimum atomic E-state index is -2.56. The summed E-state index contributed by atoms with van der Waals surface area (Å²) in [5, 5.41) is 0. The Morgan fingerprint density at radius 1 is 1.42 bits per heavy atom. The van der Waals surface area contributed by atoms with Crippen molar-refractivity contribution in [2.24, 2.45) is 5.92 Å². The van der Waals surface area contributed by atoms with Crippen LogP contribution in [-0.2, 0) is 0 Å². The van der Waals surface area contributed by atoms with Gasteiger partial charge in [-0.2, -0.15) is 0 Å². The van der Waals surface area contributed by atoms with Crippen molar-refractivity contribution in [3.8, 4) is 5.75 Å². The number of rotatable bonds is 4. The molecule has 1 atom stereocenters. The quantitative estimate of drug-likeness (QED) is 0.769. The number of ketones is 1. The zero-order valence-corrected chi connectivity index (χ0v) is 11.0. The van der Waals surface area contributed by atoms with Crippen molar-refractivity contribution >= 4 is 5.78 Å². The molecular formula is C15H18F2O2. The van der Waals surface area contributed by atoms with Crippen LogP contribution in [0.15, 0.2) is 24.3 Å². The monoisotopic (exact) mass is 268 g/mol. The van der Waals surface area contributed by atoms with Crippen molar-refractivity contribution in [1.29, 1.82) is 0 Å². The average molecular weight is 268 g/mol. The highest BCUT2D eigenvalue weighted by Crippen LogP contribution is 2.36. The molecule has 2 rings (SSSR count). The number of benzene rings is 1. The number of carbonyl (C=O) groups excluding carboxylic acids is 1. The number of ether oxygens (including phenoxy) is 1. The van der Waals surface area contributed by atoms with Crippen LogP contribution in [0.25, 0.3) is 0 Å². The SMILES string of the molecule is CC(=O)c1ccccc1OCC1CCCC(F)(F)C1. The summed E-state index contributed by atoms with van der Waals surface area (Å²) in [6.07, 6.45) is 1.16. The fourth-order valence-electron chi connectivity index (χ4n) is 2.51. The fourth-order valence-corrected chi connectivity index (χ4v) is 2.51. The van der Waals surface area contributed by atoms with Gasteiger partial charge >= 0.3 is 0 Å². The van der Waals surface area contributed by atoms with Gasteiger partial charge in [-0.15, -0.1) is 0 Å². The summed E-state index contributed by atoms with van der Waals surface area (Å²) in [4.78, 5) is 11.4. The van der Waals surface area contributed by atoms with E-state index in [0.29, 0.717) is 17.7 Å². The Balaban J connectivity index is 1.97. The molecule has 104 valence electrons. The maximum Gasteiger partial charge on any atom is 0.248 e. The summed E-state index contributed by atoms with van der Waals surface area (Å²) in [6.45, 7) is 1.72. The second kappa shape index (κ2) is 5.68. The van der Waals surface area contributed by atoms with E-state index in [2.05, 4.69) is 0 Å². The van der Waals surface area contributed by atoms with E-state index in [1.54, 1.807) is 24.3 Å². The predicted molar refractivity (Wildman–Crippen MR) is 68.8 cm³/mol. The smallest absolute Gasteiger partial charge is 0.248 e. The summed E-state index contributed by atoms with van der Waals surface area (Å²) in [5.74, 6) is -2.29. The molecule has 0 spiro atoms. The molecule has 0 heterocycles. The minimum absolute atomic E-state index is 0.0203. The van der Waals surface area contributed by atoms with Crippen LogP contribution in [0.5, 0.6) is 5.75 Å². The molecule has 0 aliphatic heterocycles. The number of halogens is 2. The molecule has 4 heteroatoms. The Morgan fingerprint density at radius 2 is 2.16 bits per heavy atom. The first-order chi connectivity index (χ1) is 8.98. The lowest BCUT2D eigenvalue weighted by Gasteiger charge is -2.28. The van der Waals surface area contributed by atoms with Gasteiger partial charge in [-0.05, 0) is 37.8 Å². The van der Waals surface area contributed by atoms with Gasteiger partial charge in [0.05, 0.1) is 12.2 Å². The second-order valence-corrected chi connectivity index (χ2v) is 5.18. The first-order valence-corrected chi connectivity index (χ1v) is 6.58. The molecule has 0 radical (unpaired) electrons. The van der Waals surface area contributed by atoms with Gasteiger partial charge < -0.3 is 4.74 Å². The zero-order valence-electron chi connectivity index (χ0n) is 11.0. The van der Waals surface area contributed by atoms with Gasteiger partial charge in [0.2, 0.25) is 5.92 Å². The Kier molecular flexibility index (Phi) is 4.17. The van der Waals surface area contributed by atoms with Crippen molar-refractivity contribution in [1.82, 2.24) is 0 Å². The molecule has 0 aromatic heterocycles. The molecule has 1 aromatic carbocycles. The Morgan fingerprint density at radius 3 is 2.84 bits per heavy atom. The summed E-state index contributed by atoms with van der Waals surface area (Å²) >= 11 is 0. The summed E-state index contributed by atoms with van der Waals surface area (Å²) in [5.41, 5.74) is 0.505. The van der Waals surface area contributed by atoms with Crippen LogP contribution in [0, 0.1) is 5.92 Å². The molecule has 1 unspecified atom stereocenters. The molecule has 2 nitrogen and oxygen atoms in total. The van der Waals surface area contributed by atoms with E-state index >= 15 is 0 Å². The Hall–Kier alpha value is -1.45. The molecule has 1 aliphatic rings. The fraction of sp³-hybridized carbons (Fsp3) is 0.533. The summed E-state index contributed by atoms with van der Waals surface area (Å²) in [7, 11) is 0. The van der Waals surface area contributed by atoms with Crippen LogP contribution >= 0.6 is 0 Å². The second-order valence-electron chi connectivity index (χ2n) is 5.18. The van der Waals surface area contributed by atoms with Crippen molar-refractivity contribution in [3.05, 3.63) is 29.8 Å². The first kappa shape index (κ1) is 14.0. The minimum Gasteiger partial charge on any atom is -0.493 e. The standard InChI is InChI=1S/C15H18F2O2/c1-11(18)13-6-2-3-7-14(13)19-10-12-5-4-8-15(16,17)9-12/h2-3,6-7,12H,4-5,8-10H2,1H3. The van der Waals surface area contributed by atoms with E-state index < -0.39 is 5.92 Å². The maximum absolute atomic E-state index is 13.3. The molecule has 1 aromatic rings. The summed E-state index contributed by atoms with van der Waals surface area (Å²) in [6, 6.07) is 6.93. The highest BCUT2D eigenvalue weighted by molar-refractivity contribution is 5.96. The zero-order chi connectivity index (χ0) is 13.9. The number of hydrogen-bond acceptors (Lipinski definition) is 2. The van der Waals surface area contributed by atoms with Crippen molar-refractivity contribution in [3.63, 3.8) is 0 Å². The number of para-hydroxylation sites is 1. The maximum atomic E-state index is 13.3. The number of hydrogen-bond donors (Lipinski definition) is 0. The number of Topliss-reactive ketones (excluding diaryl/α,β-unsaturated/α-hetero) is 1. The molecule has 0 N–H and O–H groups in total. The number of carbonyl (C=O) groups is 1. The normalized spacial score (nSPS) is 21.9. The van der Waals surface area contributed by atoms with Gasteiger partial charge in [0.1, 0.15) is 5.75 Å². The van der Waals surface area contributed by atoms with Crippen molar-refractivity contribution in [2.45, 2.75) is 38.5 Å². The highest BCUT2D eigenvalue weighted by atomic mass is 19.3. The van der Waals surface area contributed by atoms with Crippen LogP contribution in [0.4, 0.5) is 8.78 Å². The van der Waals surface area contributed by atoms with Gasteiger partial charge in [0, 0.05) is 12.8 Å². The van der Waals surface area contributed by atoms with E-state index in [4.69, 9.17) is 4.74 Å². The van der Waals surface area contributed by atoms with Gasteiger partial charge in [-0.25, -0.2) is 8.78 Å². The van der Waals surface area contributed by atoms with E-state index in [-0.39, 0.29) is 31.1 Å². The third-order valence-electron chi connectivity index (χ3n) is 3.48. The Bertz CT molecular complexity index is 457. The average Bonchev–Trinajstić information content (AvgIpc) is 2.35. The highest BCUT2D eigenvalue weighted by Gasteiger charge is 2.36. The van der Waals surface area contributed by atoms with Gasteiger partial charge in [-0.3, -0.25) is 4.79 Å². The summed E-state index contributed by atoms with van der Waals surface area (Å²) < 4.78 is 32.1. The molecular weight excluding hydrogens is 250 g/mol. The Labute approximate surface area is 111 Å². The van der Waals surface area contributed by atoms with Crippen LogP contribution in [0.3, 0.4) is 0 Å². The molecule has 0 amide bonds. The lowest BCUT2D eigenvalue weighted by atomic mass is 9.87. The van der Waals surface area contributed by atoms with Crippen molar-refractivity contribution in [2.75, 3.05) is 6.61 Å². The van der Waals surface area contributed by atoms with Gasteiger partial charge in [0.25, 0.3) is 0 Å². The molecule has 0 saturated heterocycles. The van der Waals surface area contributed by atoms with Crippen LogP contribution in [0.1, 0.15) is 43.0 Å². The largest absolute Gasteiger partial charge is 0.493 e. The lowest BCUT2D eigenvalue weighted by molar-refractivity contribution is -0.0585. The molecule has 1 saturated carbocycles. The first-order valence-electron chi connectivity index (χ1n) is 6.58. The topological polar surface area (TPSA) is 26.3 Å². The number of alkyl halides is 2. The van der Waals surface area contributed by atoms with E-state index in [0.717, 1.165) is 6.42 Å². The molecule has 1 fully saturated rings. The predicted octanol–water partition coefficient (Wildman–Crippen LogP) is 4.09. The van der Waals surface area contributed by atoms with Gasteiger partial charge in [-0.1, -0.05) is 12.1 Å². The molecule has 19 heavy (non-hydrogen) atoms. The third kappa shape index (κ3) is 3.75. The molecule has 1 aliphatic carbocycles. The third-order valence-corrected chi connectivity index (χ3v) is 3.48. The van der Waals surface area contributed by atoms with Gasteiger partial charge in [0.15, 0.2) is 5.78 Å². The van der Waals surface area contributed by atoms with Crippen molar-refractivity contribution < 1.29 is 18.3 Å². The van der Waals surface area contributed by atoms with Crippen LogP contribution in [-0.4, -0.2) is 18.3 Å².